The first kappa shape index (κ1) is 14.5. The van der Waals surface area contributed by atoms with Crippen molar-refractivity contribution in [3.8, 4) is 16.9 Å². The van der Waals surface area contributed by atoms with Crippen LogP contribution in [0.2, 0.25) is 0 Å². The second kappa shape index (κ2) is 6.53. The third-order valence-corrected chi connectivity index (χ3v) is 3.16. The van der Waals surface area contributed by atoms with Crippen LogP contribution in [0.15, 0.2) is 42.5 Å². The van der Waals surface area contributed by atoms with Crippen LogP contribution in [0.5, 0.6) is 5.75 Å². The Morgan fingerprint density at radius 2 is 1.80 bits per heavy atom. The molecule has 2 aromatic rings. The van der Waals surface area contributed by atoms with E-state index < -0.39 is 0 Å². The molecule has 0 spiro atoms. The van der Waals surface area contributed by atoms with Gasteiger partial charge in [-0.15, -0.1) is 0 Å². The van der Waals surface area contributed by atoms with Crippen LogP contribution >= 0.6 is 0 Å². The van der Waals surface area contributed by atoms with E-state index in [0.29, 0.717) is 17.4 Å². The monoisotopic (exact) mass is 273 g/mol. The maximum absolute atomic E-state index is 14.0. The standard InChI is InChI=1S/C17H20FNO/c1-12(2)19-11-13-4-6-14(7-5-13)16-9-8-15(20-3)10-17(16)18/h4-10,12,19H,11H2,1-3H3. The molecule has 2 nitrogen and oxygen atoms in total. The van der Waals surface area contributed by atoms with Gasteiger partial charge in [-0.1, -0.05) is 38.1 Å². The van der Waals surface area contributed by atoms with Crippen LogP contribution in [-0.4, -0.2) is 13.2 Å². The van der Waals surface area contributed by atoms with Crippen molar-refractivity contribution in [3.05, 3.63) is 53.8 Å². The van der Waals surface area contributed by atoms with E-state index in [0.717, 1.165) is 12.1 Å². The van der Waals surface area contributed by atoms with Gasteiger partial charge >= 0.3 is 0 Å². The number of hydrogen-bond acceptors (Lipinski definition) is 2. The van der Waals surface area contributed by atoms with E-state index in [1.165, 1.54) is 18.7 Å². The van der Waals surface area contributed by atoms with Crippen molar-refractivity contribution in [2.45, 2.75) is 26.4 Å². The Morgan fingerprint density at radius 1 is 1.10 bits per heavy atom. The van der Waals surface area contributed by atoms with Gasteiger partial charge < -0.3 is 10.1 Å². The zero-order chi connectivity index (χ0) is 14.5. The Balaban J connectivity index is 2.17. The first-order chi connectivity index (χ1) is 9.60. The summed E-state index contributed by atoms with van der Waals surface area (Å²) in [4.78, 5) is 0. The van der Waals surface area contributed by atoms with Crippen molar-refractivity contribution in [2.24, 2.45) is 0 Å². The highest BCUT2D eigenvalue weighted by Gasteiger charge is 2.06. The number of halogens is 1. The van der Waals surface area contributed by atoms with Crippen molar-refractivity contribution in [1.29, 1.82) is 0 Å². The van der Waals surface area contributed by atoms with Crippen LogP contribution in [0.1, 0.15) is 19.4 Å². The Bertz CT molecular complexity index is 564. The van der Waals surface area contributed by atoms with Crippen LogP contribution in [0.25, 0.3) is 11.1 Å². The molecule has 0 heterocycles. The summed E-state index contributed by atoms with van der Waals surface area (Å²) in [7, 11) is 1.53. The Hall–Kier alpha value is -1.87. The van der Waals surface area contributed by atoms with Crippen LogP contribution in [0.3, 0.4) is 0 Å². The third-order valence-electron chi connectivity index (χ3n) is 3.16. The fourth-order valence-electron chi connectivity index (χ4n) is 1.98. The van der Waals surface area contributed by atoms with Crippen molar-refractivity contribution >= 4 is 0 Å². The molecule has 0 saturated heterocycles. The number of ether oxygens (including phenoxy) is 1. The maximum Gasteiger partial charge on any atom is 0.134 e. The molecule has 0 unspecified atom stereocenters. The molecule has 106 valence electrons. The predicted molar refractivity (Wildman–Crippen MR) is 80.4 cm³/mol. The van der Waals surface area contributed by atoms with Gasteiger partial charge in [-0.3, -0.25) is 0 Å². The first-order valence-electron chi connectivity index (χ1n) is 6.76. The van der Waals surface area contributed by atoms with Gasteiger partial charge in [0.05, 0.1) is 7.11 Å². The molecular formula is C17H20FNO. The molecule has 0 aliphatic rings. The minimum absolute atomic E-state index is 0.266. The second-order valence-corrected chi connectivity index (χ2v) is 5.08. The summed E-state index contributed by atoms with van der Waals surface area (Å²) in [6.45, 7) is 5.05. The van der Waals surface area contributed by atoms with Gasteiger partial charge in [-0.05, 0) is 23.3 Å². The summed E-state index contributed by atoms with van der Waals surface area (Å²) in [5.74, 6) is 0.265. The van der Waals surface area contributed by atoms with Crippen molar-refractivity contribution in [2.75, 3.05) is 7.11 Å². The summed E-state index contributed by atoms with van der Waals surface area (Å²) < 4.78 is 19.0. The van der Waals surface area contributed by atoms with Crippen molar-refractivity contribution in [3.63, 3.8) is 0 Å². The topological polar surface area (TPSA) is 21.3 Å². The van der Waals surface area contributed by atoms with Gasteiger partial charge in [0.2, 0.25) is 0 Å². The van der Waals surface area contributed by atoms with E-state index in [4.69, 9.17) is 4.74 Å². The fraction of sp³-hybridized carbons (Fsp3) is 0.294. The number of nitrogens with one attached hydrogen (secondary N) is 1. The lowest BCUT2D eigenvalue weighted by atomic mass is 10.0. The molecule has 20 heavy (non-hydrogen) atoms. The van der Waals surface area contributed by atoms with Crippen LogP contribution in [0, 0.1) is 5.82 Å². The minimum atomic E-state index is -0.266. The molecule has 0 bridgehead atoms. The van der Waals surface area contributed by atoms with E-state index in [1.54, 1.807) is 12.1 Å². The Labute approximate surface area is 119 Å². The van der Waals surface area contributed by atoms with Crippen LogP contribution < -0.4 is 10.1 Å². The number of benzene rings is 2. The SMILES string of the molecule is COc1ccc(-c2ccc(CNC(C)C)cc2)c(F)c1. The number of hydrogen-bond donors (Lipinski definition) is 1. The molecule has 0 saturated carbocycles. The molecule has 2 rings (SSSR count). The zero-order valence-corrected chi connectivity index (χ0v) is 12.1. The van der Waals surface area contributed by atoms with Crippen LogP contribution in [-0.2, 0) is 6.54 Å². The van der Waals surface area contributed by atoms with Gasteiger partial charge in [0.15, 0.2) is 0 Å². The molecule has 0 radical (unpaired) electrons. The summed E-state index contributed by atoms with van der Waals surface area (Å²) in [6, 6.07) is 13.3. The third kappa shape index (κ3) is 3.58. The van der Waals surface area contributed by atoms with E-state index in [2.05, 4.69) is 19.2 Å². The molecule has 2 aromatic carbocycles. The molecule has 0 fully saturated rings. The predicted octanol–water partition coefficient (Wildman–Crippen LogP) is 4.00. The molecule has 1 N–H and O–H groups in total. The van der Waals surface area contributed by atoms with Gasteiger partial charge in [-0.25, -0.2) is 4.39 Å². The molecule has 0 atom stereocenters. The van der Waals surface area contributed by atoms with E-state index in [-0.39, 0.29) is 5.82 Å². The highest BCUT2D eigenvalue weighted by molar-refractivity contribution is 5.65. The quantitative estimate of drug-likeness (QED) is 0.889. The second-order valence-electron chi connectivity index (χ2n) is 5.08. The number of methoxy groups -OCH3 is 1. The van der Waals surface area contributed by atoms with Gasteiger partial charge in [0, 0.05) is 24.2 Å². The Kier molecular flexibility index (Phi) is 4.74. The summed E-state index contributed by atoms with van der Waals surface area (Å²) in [6.07, 6.45) is 0. The average Bonchev–Trinajstić information content (AvgIpc) is 2.45. The smallest absolute Gasteiger partial charge is 0.134 e. The van der Waals surface area contributed by atoms with E-state index >= 15 is 0 Å². The Morgan fingerprint density at radius 3 is 2.35 bits per heavy atom. The number of rotatable bonds is 5. The summed E-state index contributed by atoms with van der Waals surface area (Å²) >= 11 is 0. The lowest BCUT2D eigenvalue weighted by molar-refractivity contribution is 0.411. The molecule has 0 amide bonds. The highest BCUT2D eigenvalue weighted by atomic mass is 19.1. The van der Waals surface area contributed by atoms with Crippen LogP contribution in [0.4, 0.5) is 4.39 Å². The molecule has 3 heteroatoms. The van der Waals surface area contributed by atoms with Gasteiger partial charge in [0.25, 0.3) is 0 Å². The van der Waals surface area contributed by atoms with Gasteiger partial charge in [0.1, 0.15) is 11.6 Å². The molecular weight excluding hydrogens is 253 g/mol. The van der Waals surface area contributed by atoms with E-state index in [9.17, 15) is 4.39 Å². The molecule has 0 aromatic heterocycles. The minimum Gasteiger partial charge on any atom is -0.497 e. The normalized spacial score (nSPS) is 10.8. The van der Waals surface area contributed by atoms with Crippen molar-refractivity contribution in [1.82, 2.24) is 5.32 Å². The lowest BCUT2D eigenvalue weighted by Crippen LogP contribution is -2.21. The first-order valence-corrected chi connectivity index (χ1v) is 6.76. The zero-order valence-electron chi connectivity index (χ0n) is 12.1. The highest BCUT2D eigenvalue weighted by Crippen LogP contribution is 2.26. The average molecular weight is 273 g/mol. The summed E-state index contributed by atoms with van der Waals surface area (Å²) in [5.41, 5.74) is 2.66. The maximum atomic E-state index is 14.0. The van der Waals surface area contributed by atoms with Crippen molar-refractivity contribution < 1.29 is 9.13 Å². The lowest BCUT2D eigenvalue weighted by Gasteiger charge is -2.09. The summed E-state index contributed by atoms with van der Waals surface area (Å²) in [5, 5.41) is 3.36. The van der Waals surface area contributed by atoms with Gasteiger partial charge in [-0.2, -0.15) is 0 Å². The molecule has 0 aliphatic heterocycles. The molecule has 0 aliphatic carbocycles. The van der Waals surface area contributed by atoms with E-state index in [1.807, 2.05) is 24.3 Å². The fourth-order valence-corrected chi connectivity index (χ4v) is 1.98. The largest absolute Gasteiger partial charge is 0.497 e.